The maximum atomic E-state index is 14.5. The number of nitrogens with zero attached hydrogens (tertiary/aromatic N) is 4. The number of carboxylic acid groups (broad SMARTS) is 1. The summed E-state index contributed by atoms with van der Waals surface area (Å²) in [4.78, 5) is 21.8. The van der Waals surface area contributed by atoms with Crippen LogP contribution in [-0.2, 0) is 11.3 Å². The van der Waals surface area contributed by atoms with Gasteiger partial charge in [0.1, 0.15) is 23.1 Å². The van der Waals surface area contributed by atoms with Crippen LogP contribution in [0.4, 0.5) is 14.7 Å². The molecule has 2 bridgehead atoms. The summed E-state index contributed by atoms with van der Waals surface area (Å²) in [5.41, 5.74) is 0.675. The minimum Gasteiger partial charge on any atom is -0.478 e. The fraction of sp³-hybridized carbons (Fsp3) is 0.440. The molecule has 3 aromatic rings. The third-order valence-corrected chi connectivity index (χ3v) is 7.24. The Hall–Kier alpha value is -3.40. The molecule has 2 saturated heterocycles. The number of carboxylic acids is 1. The predicted octanol–water partition coefficient (Wildman–Crippen LogP) is 4.70. The van der Waals surface area contributed by atoms with Crippen molar-refractivity contribution in [3.63, 3.8) is 0 Å². The molecule has 4 heterocycles. The van der Waals surface area contributed by atoms with Gasteiger partial charge in [-0.15, -0.1) is 0 Å². The lowest BCUT2D eigenvalue weighted by Crippen LogP contribution is -2.46. The van der Waals surface area contributed by atoms with E-state index in [4.69, 9.17) is 14.4 Å². The van der Waals surface area contributed by atoms with E-state index >= 15 is 0 Å². The van der Waals surface area contributed by atoms with Gasteiger partial charge < -0.3 is 19.3 Å². The van der Waals surface area contributed by atoms with Crippen molar-refractivity contribution >= 4 is 11.9 Å². The van der Waals surface area contributed by atoms with Gasteiger partial charge in [-0.3, -0.25) is 0 Å². The van der Waals surface area contributed by atoms with Crippen molar-refractivity contribution in [2.24, 2.45) is 0 Å². The van der Waals surface area contributed by atoms with E-state index < -0.39 is 17.6 Å². The first kappa shape index (κ1) is 22.1. The van der Waals surface area contributed by atoms with Crippen LogP contribution in [0.3, 0.4) is 0 Å². The van der Waals surface area contributed by atoms with Crippen LogP contribution in [0.2, 0.25) is 0 Å². The minimum absolute atomic E-state index is 0.0395. The SMILES string of the molecule is O=C(O)c1cnc(N2C3CCC2CC(OCc2c(-c4c(F)cccc4F)noc2C2CC2)C3)nc1. The number of anilines is 1. The van der Waals surface area contributed by atoms with Crippen LogP contribution in [0.15, 0.2) is 35.1 Å². The molecule has 182 valence electrons. The number of aromatic nitrogens is 3. The van der Waals surface area contributed by atoms with E-state index in [-0.39, 0.29) is 47.5 Å². The highest BCUT2D eigenvalue weighted by atomic mass is 19.1. The summed E-state index contributed by atoms with van der Waals surface area (Å²) in [5.74, 6) is -0.998. The molecular weight excluding hydrogens is 458 g/mol. The maximum absolute atomic E-state index is 14.5. The molecule has 0 radical (unpaired) electrons. The molecule has 2 aliphatic heterocycles. The van der Waals surface area contributed by atoms with Crippen molar-refractivity contribution in [1.29, 1.82) is 0 Å². The molecule has 1 aromatic carbocycles. The summed E-state index contributed by atoms with van der Waals surface area (Å²) in [6.07, 6.45) is 8.02. The highest BCUT2D eigenvalue weighted by Gasteiger charge is 2.43. The zero-order valence-corrected chi connectivity index (χ0v) is 18.9. The van der Waals surface area contributed by atoms with E-state index in [2.05, 4.69) is 20.0 Å². The summed E-state index contributed by atoms with van der Waals surface area (Å²) >= 11 is 0. The van der Waals surface area contributed by atoms with Gasteiger partial charge in [-0.2, -0.15) is 0 Å². The van der Waals surface area contributed by atoms with Crippen LogP contribution in [0.5, 0.6) is 0 Å². The number of aromatic carboxylic acids is 1. The maximum Gasteiger partial charge on any atom is 0.338 e. The largest absolute Gasteiger partial charge is 0.478 e. The first-order valence-corrected chi connectivity index (χ1v) is 11.9. The monoisotopic (exact) mass is 482 g/mol. The van der Waals surface area contributed by atoms with Crippen LogP contribution in [0.25, 0.3) is 11.3 Å². The van der Waals surface area contributed by atoms with Crippen molar-refractivity contribution in [2.45, 2.75) is 69.2 Å². The number of halogens is 2. The summed E-state index contributed by atoms with van der Waals surface area (Å²) in [7, 11) is 0. The lowest BCUT2D eigenvalue weighted by molar-refractivity contribution is 0.0144. The number of rotatable bonds is 7. The van der Waals surface area contributed by atoms with E-state index in [0.717, 1.165) is 38.5 Å². The average Bonchev–Trinajstić information content (AvgIpc) is 3.55. The molecule has 1 saturated carbocycles. The fourth-order valence-electron chi connectivity index (χ4n) is 5.40. The topological polar surface area (TPSA) is 102 Å². The van der Waals surface area contributed by atoms with Gasteiger partial charge in [-0.1, -0.05) is 11.2 Å². The van der Waals surface area contributed by atoms with Gasteiger partial charge in [-0.05, 0) is 50.7 Å². The Morgan fingerprint density at radius 2 is 1.74 bits per heavy atom. The third-order valence-electron chi connectivity index (χ3n) is 7.24. The van der Waals surface area contributed by atoms with Crippen molar-refractivity contribution in [1.82, 2.24) is 15.1 Å². The number of carbonyl (C=O) groups is 1. The Kier molecular flexibility index (Phi) is 5.47. The first-order valence-electron chi connectivity index (χ1n) is 11.9. The van der Waals surface area contributed by atoms with E-state index in [0.29, 0.717) is 17.3 Å². The number of hydrogen-bond donors (Lipinski definition) is 1. The molecule has 35 heavy (non-hydrogen) atoms. The number of fused-ring (bicyclic) bond motifs is 2. The van der Waals surface area contributed by atoms with Crippen molar-refractivity contribution in [3.05, 3.63) is 59.1 Å². The van der Waals surface area contributed by atoms with Gasteiger partial charge in [-0.25, -0.2) is 23.5 Å². The van der Waals surface area contributed by atoms with Gasteiger partial charge in [0.15, 0.2) is 0 Å². The smallest absolute Gasteiger partial charge is 0.338 e. The summed E-state index contributed by atoms with van der Waals surface area (Å²) in [5, 5.41) is 13.1. The van der Waals surface area contributed by atoms with E-state index in [1.807, 2.05) is 0 Å². The van der Waals surface area contributed by atoms with Crippen molar-refractivity contribution < 1.29 is 27.9 Å². The van der Waals surface area contributed by atoms with Crippen LogP contribution in [0.1, 0.15) is 66.1 Å². The second-order valence-corrected chi connectivity index (χ2v) is 9.52. The second kappa shape index (κ2) is 8.67. The Balaban J connectivity index is 1.19. The summed E-state index contributed by atoms with van der Waals surface area (Å²) in [6, 6.07) is 4.13. The van der Waals surface area contributed by atoms with Gasteiger partial charge >= 0.3 is 5.97 Å². The number of benzene rings is 1. The molecule has 3 aliphatic rings. The second-order valence-electron chi connectivity index (χ2n) is 9.52. The average molecular weight is 482 g/mol. The molecule has 10 heteroatoms. The number of piperidine rings is 1. The molecule has 2 aromatic heterocycles. The van der Waals surface area contributed by atoms with E-state index in [9.17, 15) is 13.6 Å². The standard InChI is InChI=1S/C25H24F2N4O4/c26-19-2-1-3-20(27)21(19)22-18(23(35-30-22)13-4-5-13)12-34-17-8-15-6-7-16(9-17)31(15)25-28-10-14(11-29-25)24(32)33/h1-3,10-11,13,15-17H,4-9,12H2,(H,32,33). The fourth-order valence-corrected chi connectivity index (χ4v) is 5.40. The van der Waals surface area contributed by atoms with Gasteiger partial charge in [0.05, 0.1) is 23.8 Å². The number of hydrogen-bond acceptors (Lipinski definition) is 7. The summed E-state index contributed by atoms with van der Waals surface area (Å²) < 4.78 is 40.9. The van der Waals surface area contributed by atoms with Gasteiger partial charge in [0.25, 0.3) is 0 Å². The lowest BCUT2D eigenvalue weighted by atomic mass is 9.99. The minimum atomic E-state index is -1.06. The molecule has 1 N–H and O–H groups in total. The van der Waals surface area contributed by atoms with Crippen LogP contribution in [0, 0.1) is 11.6 Å². The predicted molar refractivity (Wildman–Crippen MR) is 120 cm³/mol. The molecule has 1 aliphatic carbocycles. The highest BCUT2D eigenvalue weighted by molar-refractivity contribution is 5.86. The molecule has 0 spiro atoms. The van der Waals surface area contributed by atoms with Gasteiger partial charge in [0.2, 0.25) is 5.95 Å². The molecule has 3 fully saturated rings. The molecule has 2 atom stereocenters. The van der Waals surface area contributed by atoms with Crippen LogP contribution in [-0.4, -0.2) is 44.4 Å². The first-order chi connectivity index (χ1) is 17.0. The Morgan fingerprint density at radius 1 is 1.09 bits per heavy atom. The van der Waals surface area contributed by atoms with Crippen LogP contribution >= 0.6 is 0 Å². The van der Waals surface area contributed by atoms with Gasteiger partial charge in [0, 0.05) is 36.0 Å². The molecule has 8 nitrogen and oxygen atoms in total. The molecule has 6 rings (SSSR count). The molecule has 2 unspecified atom stereocenters. The molecular formula is C25H24F2N4O4. The zero-order valence-electron chi connectivity index (χ0n) is 18.9. The summed E-state index contributed by atoms with van der Waals surface area (Å²) in [6.45, 7) is 0.173. The zero-order chi connectivity index (χ0) is 24.1. The Morgan fingerprint density at radius 3 is 2.34 bits per heavy atom. The third kappa shape index (κ3) is 4.05. The quantitative estimate of drug-likeness (QED) is 0.517. The molecule has 0 amide bonds. The normalized spacial score (nSPS) is 23.6. The highest BCUT2D eigenvalue weighted by Crippen LogP contribution is 2.45. The van der Waals surface area contributed by atoms with Crippen molar-refractivity contribution in [3.8, 4) is 11.3 Å². The Bertz CT molecular complexity index is 1230. The lowest BCUT2D eigenvalue weighted by Gasteiger charge is -2.38. The Labute approximate surface area is 199 Å². The van der Waals surface area contributed by atoms with E-state index in [1.165, 1.54) is 30.6 Å². The van der Waals surface area contributed by atoms with E-state index in [1.54, 1.807) is 0 Å². The van der Waals surface area contributed by atoms with Crippen LogP contribution < -0.4 is 4.90 Å². The van der Waals surface area contributed by atoms with Crippen molar-refractivity contribution in [2.75, 3.05) is 4.90 Å². The number of ether oxygens (including phenoxy) is 1.